The van der Waals surface area contributed by atoms with E-state index in [1.165, 1.54) is 17.8 Å². The average Bonchev–Trinajstić information content (AvgIpc) is 3.08. The molecule has 0 fully saturated rings. The maximum Gasteiger partial charge on any atom is 0.263 e. The second-order valence-electron chi connectivity index (χ2n) is 4.82. The molecule has 2 heterocycles. The first-order valence-corrected chi connectivity index (χ1v) is 8.40. The molecule has 2 atom stereocenters. The summed E-state index contributed by atoms with van der Waals surface area (Å²) in [7, 11) is 0. The minimum absolute atomic E-state index is 0.0135. The van der Waals surface area contributed by atoms with Crippen molar-refractivity contribution in [2.75, 3.05) is 0 Å². The summed E-state index contributed by atoms with van der Waals surface area (Å²) >= 11 is 2.98. The first kappa shape index (κ1) is 15.2. The average molecular weight is 338 g/mol. The number of nitrogens with zero attached hydrogens (tertiary/aromatic N) is 1. The van der Waals surface area contributed by atoms with Gasteiger partial charge in [-0.3, -0.25) is 9.79 Å². The van der Waals surface area contributed by atoms with Crippen LogP contribution in [0.4, 0.5) is 8.78 Å². The molecule has 1 aliphatic heterocycles. The second kappa shape index (κ2) is 6.18. The van der Waals surface area contributed by atoms with Crippen LogP contribution in [-0.2, 0) is 0 Å². The van der Waals surface area contributed by atoms with Gasteiger partial charge < -0.3 is 5.32 Å². The first-order valence-electron chi connectivity index (χ1n) is 6.58. The van der Waals surface area contributed by atoms with Crippen molar-refractivity contribution in [1.82, 2.24) is 5.32 Å². The van der Waals surface area contributed by atoms with Crippen LogP contribution < -0.4 is 5.32 Å². The third-order valence-corrected chi connectivity index (χ3v) is 5.33. The van der Waals surface area contributed by atoms with Gasteiger partial charge in [0.25, 0.3) is 5.91 Å². The summed E-state index contributed by atoms with van der Waals surface area (Å²) in [6, 6.07) is 5.32. The Morgan fingerprint density at radius 2 is 2.00 bits per heavy atom. The summed E-state index contributed by atoms with van der Waals surface area (Å²) in [4.78, 5) is 16.4. The summed E-state index contributed by atoms with van der Waals surface area (Å²) in [6.07, 6.45) is 0. The van der Waals surface area contributed by atoms with E-state index in [2.05, 4.69) is 10.3 Å². The van der Waals surface area contributed by atoms with Gasteiger partial charge in [-0.05, 0) is 41.4 Å². The SMILES string of the molecule is CC1N=C(NC(=O)c2c(F)cccc2F)SC1c1ccsc1. The quantitative estimate of drug-likeness (QED) is 0.899. The van der Waals surface area contributed by atoms with E-state index < -0.39 is 23.1 Å². The Labute approximate surface area is 134 Å². The van der Waals surface area contributed by atoms with E-state index >= 15 is 0 Å². The maximum absolute atomic E-state index is 13.6. The van der Waals surface area contributed by atoms with Crippen LogP contribution in [0.2, 0.25) is 0 Å². The van der Waals surface area contributed by atoms with Crippen LogP contribution >= 0.6 is 23.1 Å². The zero-order valence-electron chi connectivity index (χ0n) is 11.5. The summed E-state index contributed by atoms with van der Waals surface area (Å²) in [5.74, 6) is -2.59. The fourth-order valence-electron chi connectivity index (χ4n) is 2.22. The number of hydrogen-bond donors (Lipinski definition) is 1. The topological polar surface area (TPSA) is 41.5 Å². The Kier molecular flexibility index (Phi) is 4.26. The molecule has 2 unspecified atom stereocenters. The van der Waals surface area contributed by atoms with Gasteiger partial charge in [0.2, 0.25) is 0 Å². The number of rotatable bonds is 2. The van der Waals surface area contributed by atoms with Crippen molar-refractivity contribution in [2.45, 2.75) is 18.2 Å². The lowest BCUT2D eigenvalue weighted by Gasteiger charge is -2.11. The molecule has 0 saturated heterocycles. The van der Waals surface area contributed by atoms with Gasteiger partial charge >= 0.3 is 0 Å². The molecule has 22 heavy (non-hydrogen) atoms. The van der Waals surface area contributed by atoms with E-state index in [0.717, 1.165) is 17.7 Å². The summed E-state index contributed by atoms with van der Waals surface area (Å²) < 4.78 is 27.2. The molecule has 2 aromatic rings. The Bertz CT molecular complexity index is 711. The highest BCUT2D eigenvalue weighted by atomic mass is 32.2. The Balaban J connectivity index is 1.74. The van der Waals surface area contributed by atoms with Crippen molar-refractivity contribution < 1.29 is 13.6 Å². The smallest absolute Gasteiger partial charge is 0.263 e. The molecule has 0 spiro atoms. The predicted octanol–water partition coefficient (Wildman–Crippen LogP) is 3.99. The molecule has 0 saturated carbocycles. The zero-order chi connectivity index (χ0) is 15.7. The lowest BCUT2D eigenvalue weighted by molar-refractivity contribution is 0.0969. The highest BCUT2D eigenvalue weighted by Crippen LogP contribution is 2.40. The molecule has 0 aliphatic carbocycles. The van der Waals surface area contributed by atoms with Gasteiger partial charge in [0.05, 0.1) is 11.3 Å². The van der Waals surface area contributed by atoms with Gasteiger partial charge in [-0.2, -0.15) is 11.3 Å². The number of amidine groups is 1. The predicted molar refractivity (Wildman–Crippen MR) is 85.4 cm³/mol. The molecule has 3 rings (SSSR count). The molecule has 1 aromatic carbocycles. The van der Waals surface area contributed by atoms with Crippen LogP contribution in [0.25, 0.3) is 0 Å². The number of carbonyl (C=O) groups excluding carboxylic acids is 1. The van der Waals surface area contributed by atoms with Gasteiger partial charge in [0.15, 0.2) is 5.17 Å². The Morgan fingerprint density at radius 1 is 1.27 bits per heavy atom. The molecular formula is C15H12F2N2OS2. The first-order chi connectivity index (χ1) is 10.6. The molecule has 114 valence electrons. The fraction of sp³-hybridized carbons (Fsp3) is 0.200. The summed E-state index contributed by atoms with van der Waals surface area (Å²) in [5, 5.41) is 7.00. The second-order valence-corrected chi connectivity index (χ2v) is 6.73. The molecule has 0 bridgehead atoms. The highest BCUT2D eigenvalue weighted by Gasteiger charge is 2.30. The van der Waals surface area contributed by atoms with Crippen molar-refractivity contribution >= 4 is 34.2 Å². The normalized spacial score (nSPS) is 20.8. The summed E-state index contributed by atoms with van der Waals surface area (Å²) in [5.41, 5.74) is 0.546. The number of carbonyl (C=O) groups is 1. The number of hydrogen-bond acceptors (Lipinski definition) is 4. The van der Waals surface area contributed by atoms with Crippen molar-refractivity contribution in [3.63, 3.8) is 0 Å². The van der Waals surface area contributed by atoms with E-state index in [9.17, 15) is 13.6 Å². The lowest BCUT2D eigenvalue weighted by atomic mass is 10.1. The van der Waals surface area contributed by atoms with Crippen LogP contribution in [0, 0.1) is 11.6 Å². The highest BCUT2D eigenvalue weighted by molar-refractivity contribution is 8.14. The summed E-state index contributed by atoms with van der Waals surface area (Å²) in [6.45, 7) is 1.94. The van der Waals surface area contributed by atoms with Gasteiger partial charge in [-0.15, -0.1) is 0 Å². The maximum atomic E-state index is 13.6. The number of nitrogens with one attached hydrogen (secondary N) is 1. The number of aliphatic imine (C=N–C) groups is 1. The fourth-order valence-corrected chi connectivity index (χ4v) is 4.16. The third-order valence-electron chi connectivity index (χ3n) is 3.28. The molecule has 1 N–H and O–H groups in total. The van der Waals surface area contributed by atoms with Gasteiger partial charge in [-0.25, -0.2) is 8.78 Å². The number of thiophene rings is 1. The molecule has 1 aliphatic rings. The molecule has 0 radical (unpaired) electrons. The molecule has 3 nitrogen and oxygen atoms in total. The molecule has 7 heteroatoms. The van der Waals surface area contributed by atoms with Gasteiger partial charge in [0.1, 0.15) is 17.2 Å². The van der Waals surface area contributed by atoms with Crippen LogP contribution in [0.5, 0.6) is 0 Å². The Morgan fingerprint density at radius 3 is 2.64 bits per heavy atom. The molecule has 1 amide bonds. The van der Waals surface area contributed by atoms with E-state index in [1.54, 1.807) is 11.3 Å². The van der Waals surface area contributed by atoms with Crippen LogP contribution in [-0.4, -0.2) is 17.1 Å². The molecular weight excluding hydrogens is 326 g/mol. The Hall–Kier alpha value is -1.73. The van der Waals surface area contributed by atoms with Crippen molar-refractivity contribution in [2.24, 2.45) is 4.99 Å². The minimum atomic E-state index is -0.886. The molecule has 1 aromatic heterocycles. The minimum Gasteiger partial charge on any atom is -0.301 e. The largest absolute Gasteiger partial charge is 0.301 e. The number of benzene rings is 1. The van der Waals surface area contributed by atoms with E-state index in [1.807, 2.05) is 23.8 Å². The van der Waals surface area contributed by atoms with Crippen LogP contribution in [0.15, 0.2) is 40.0 Å². The van der Waals surface area contributed by atoms with E-state index in [-0.39, 0.29) is 11.3 Å². The number of halogens is 2. The zero-order valence-corrected chi connectivity index (χ0v) is 13.2. The van der Waals surface area contributed by atoms with E-state index in [4.69, 9.17) is 0 Å². The number of amides is 1. The van der Waals surface area contributed by atoms with E-state index in [0.29, 0.717) is 5.17 Å². The lowest BCUT2D eigenvalue weighted by Crippen LogP contribution is -2.29. The number of thioether (sulfide) groups is 1. The van der Waals surface area contributed by atoms with Crippen molar-refractivity contribution in [3.8, 4) is 0 Å². The van der Waals surface area contributed by atoms with Gasteiger partial charge in [0, 0.05) is 0 Å². The standard InChI is InChI=1S/C15H12F2N2OS2/c1-8-13(9-5-6-21-7-9)22-15(18-8)19-14(20)12-10(16)3-2-4-11(12)17/h2-8,13H,1H3,(H,18,19,20). The van der Waals surface area contributed by atoms with Crippen molar-refractivity contribution in [3.05, 3.63) is 57.8 Å². The van der Waals surface area contributed by atoms with Crippen molar-refractivity contribution in [1.29, 1.82) is 0 Å². The van der Waals surface area contributed by atoms with Crippen LogP contribution in [0.1, 0.15) is 28.1 Å². The van der Waals surface area contributed by atoms with Gasteiger partial charge in [-0.1, -0.05) is 17.8 Å². The van der Waals surface area contributed by atoms with Crippen LogP contribution in [0.3, 0.4) is 0 Å². The third kappa shape index (κ3) is 2.91. The monoisotopic (exact) mass is 338 g/mol.